The van der Waals surface area contributed by atoms with Crippen molar-refractivity contribution in [2.45, 2.75) is 32.6 Å². The van der Waals surface area contributed by atoms with Crippen LogP contribution in [0.5, 0.6) is 0 Å². The second kappa shape index (κ2) is 5.51. The molecule has 0 aromatic rings. The summed E-state index contributed by atoms with van der Waals surface area (Å²) in [6.07, 6.45) is 5.10. The van der Waals surface area contributed by atoms with Crippen LogP contribution < -0.4 is 5.84 Å². The van der Waals surface area contributed by atoms with Crippen LogP contribution in [0.1, 0.15) is 32.6 Å². The largest absolute Gasteiger partial charge is 0.365 e. The van der Waals surface area contributed by atoms with Crippen LogP contribution >= 0.6 is 0 Å². The number of ether oxygens (including phenoxy) is 1. The normalized spacial score (nSPS) is 30.0. The van der Waals surface area contributed by atoms with E-state index in [0.29, 0.717) is 12.6 Å². The Morgan fingerprint density at radius 3 is 3.00 bits per heavy atom. The van der Waals surface area contributed by atoms with Crippen LogP contribution in [0, 0.1) is 5.92 Å². The highest BCUT2D eigenvalue weighted by atomic mass is 16.5. The van der Waals surface area contributed by atoms with Gasteiger partial charge in [0.25, 0.3) is 0 Å². The van der Waals surface area contributed by atoms with Crippen molar-refractivity contribution in [2.75, 3.05) is 19.9 Å². The molecule has 1 saturated heterocycles. The SMILES string of the molecule is CC1CCCCCOCN(N)C1. The zero-order valence-corrected chi connectivity index (χ0v) is 7.96. The van der Waals surface area contributed by atoms with Gasteiger partial charge < -0.3 is 4.74 Å². The molecule has 1 heterocycles. The van der Waals surface area contributed by atoms with E-state index < -0.39 is 0 Å². The number of nitrogens with two attached hydrogens (primary N) is 1. The lowest BCUT2D eigenvalue weighted by molar-refractivity contribution is 0.0146. The van der Waals surface area contributed by atoms with Gasteiger partial charge in [-0.25, -0.2) is 5.01 Å². The first-order valence-corrected chi connectivity index (χ1v) is 4.86. The van der Waals surface area contributed by atoms with Gasteiger partial charge in [-0.15, -0.1) is 0 Å². The summed E-state index contributed by atoms with van der Waals surface area (Å²) in [6, 6.07) is 0. The molecule has 3 heteroatoms. The molecule has 0 radical (unpaired) electrons. The van der Waals surface area contributed by atoms with Crippen molar-refractivity contribution < 1.29 is 4.74 Å². The Morgan fingerprint density at radius 1 is 1.33 bits per heavy atom. The minimum atomic E-state index is 0.588. The Bertz CT molecular complexity index is 107. The minimum absolute atomic E-state index is 0.588. The summed E-state index contributed by atoms with van der Waals surface area (Å²) in [5.41, 5.74) is 0. The third-order valence-corrected chi connectivity index (χ3v) is 2.29. The van der Waals surface area contributed by atoms with E-state index in [9.17, 15) is 0 Å². The highest BCUT2D eigenvalue weighted by Gasteiger charge is 2.08. The predicted molar refractivity (Wildman–Crippen MR) is 49.3 cm³/mol. The van der Waals surface area contributed by atoms with Crippen LogP contribution in [0.4, 0.5) is 0 Å². The van der Waals surface area contributed by atoms with Gasteiger partial charge in [-0.3, -0.25) is 5.84 Å². The second-order valence-electron chi connectivity index (χ2n) is 3.76. The Hall–Kier alpha value is -0.120. The van der Waals surface area contributed by atoms with E-state index in [1.54, 1.807) is 5.01 Å². The third kappa shape index (κ3) is 4.04. The molecule has 0 aromatic heterocycles. The highest BCUT2D eigenvalue weighted by molar-refractivity contribution is 4.57. The Kier molecular flexibility index (Phi) is 4.58. The fourth-order valence-corrected chi connectivity index (χ4v) is 1.60. The molecule has 72 valence electrons. The summed E-state index contributed by atoms with van der Waals surface area (Å²) < 4.78 is 5.37. The first kappa shape index (κ1) is 9.96. The molecular weight excluding hydrogens is 152 g/mol. The van der Waals surface area contributed by atoms with Crippen LogP contribution in [-0.2, 0) is 4.74 Å². The molecule has 0 bridgehead atoms. The lowest BCUT2D eigenvalue weighted by atomic mass is 10.0. The molecule has 2 N–H and O–H groups in total. The van der Waals surface area contributed by atoms with Crippen molar-refractivity contribution in [1.29, 1.82) is 0 Å². The van der Waals surface area contributed by atoms with Crippen molar-refractivity contribution in [2.24, 2.45) is 11.8 Å². The predicted octanol–water partition coefficient (Wildman–Crippen LogP) is 1.35. The molecule has 1 aliphatic heterocycles. The molecule has 0 aliphatic carbocycles. The van der Waals surface area contributed by atoms with Gasteiger partial charge in [0.05, 0.1) is 0 Å². The molecule has 1 atom stereocenters. The zero-order chi connectivity index (χ0) is 8.81. The van der Waals surface area contributed by atoms with Gasteiger partial charge in [-0.2, -0.15) is 0 Å². The molecule has 0 spiro atoms. The summed E-state index contributed by atoms with van der Waals surface area (Å²) in [7, 11) is 0. The summed E-state index contributed by atoms with van der Waals surface area (Å²) in [6.45, 7) is 4.66. The standard InChI is InChI=1S/C9H20N2O/c1-9-5-3-2-4-6-12-8-11(10)7-9/h9H,2-8,10H2,1H3. The van der Waals surface area contributed by atoms with Gasteiger partial charge in [-0.05, 0) is 18.8 Å². The average molecular weight is 172 g/mol. The minimum Gasteiger partial charge on any atom is -0.365 e. The maximum atomic E-state index is 5.72. The van der Waals surface area contributed by atoms with Crippen LogP contribution in [0.3, 0.4) is 0 Å². The van der Waals surface area contributed by atoms with E-state index in [1.807, 2.05) is 0 Å². The molecule has 1 unspecified atom stereocenters. The quantitative estimate of drug-likeness (QED) is 0.560. The van der Waals surface area contributed by atoms with Gasteiger partial charge in [-0.1, -0.05) is 19.8 Å². The Balaban J connectivity index is 2.24. The van der Waals surface area contributed by atoms with Gasteiger partial charge >= 0.3 is 0 Å². The second-order valence-corrected chi connectivity index (χ2v) is 3.76. The zero-order valence-electron chi connectivity index (χ0n) is 7.96. The van der Waals surface area contributed by atoms with Crippen LogP contribution in [-0.4, -0.2) is 24.9 Å². The molecule has 1 fully saturated rings. The fraction of sp³-hybridized carbons (Fsp3) is 1.00. The first-order chi connectivity index (χ1) is 5.79. The van der Waals surface area contributed by atoms with E-state index in [1.165, 1.54) is 25.7 Å². The molecule has 1 rings (SSSR count). The van der Waals surface area contributed by atoms with Gasteiger partial charge in [0.15, 0.2) is 0 Å². The fourth-order valence-electron chi connectivity index (χ4n) is 1.60. The molecule has 0 saturated carbocycles. The topological polar surface area (TPSA) is 38.5 Å². The van der Waals surface area contributed by atoms with Gasteiger partial charge in [0, 0.05) is 13.2 Å². The third-order valence-electron chi connectivity index (χ3n) is 2.29. The highest BCUT2D eigenvalue weighted by Crippen LogP contribution is 2.11. The van der Waals surface area contributed by atoms with E-state index in [0.717, 1.165) is 13.2 Å². The number of nitrogens with zero attached hydrogens (tertiary/aromatic N) is 1. The molecule has 3 nitrogen and oxygen atoms in total. The summed E-state index contributed by atoms with van der Waals surface area (Å²) in [4.78, 5) is 0. The molecule has 0 aromatic carbocycles. The van der Waals surface area contributed by atoms with Crippen molar-refractivity contribution >= 4 is 0 Å². The van der Waals surface area contributed by atoms with Crippen molar-refractivity contribution in [3.63, 3.8) is 0 Å². The van der Waals surface area contributed by atoms with Gasteiger partial charge in [0.2, 0.25) is 0 Å². The van der Waals surface area contributed by atoms with E-state index >= 15 is 0 Å². The maximum absolute atomic E-state index is 5.72. The summed E-state index contributed by atoms with van der Waals surface area (Å²) in [5, 5.41) is 1.77. The van der Waals surface area contributed by atoms with Crippen LogP contribution in [0.25, 0.3) is 0 Å². The monoisotopic (exact) mass is 172 g/mol. The summed E-state index contributed by atoms with van der Waals surface area (Å²) >= 11 is 0. The molecule has 1 aliphatic rings. The van der Waals surface area contributed by atoms with Crippen molar-refractivity contribution in [1.82, 2.24) is 5.01 Å². The molecule has 12 heavy (non-hydrogen) atoms. The number of hydrogen-bond donors (Lipinski definition) is 1. The smallest absolute Gasteiger partial charge is 0.111 e. The Labute approximate surface area is 74.8 Å². The first-order valence-electron chi connectivity index (χ1n) is 4.86. The van der Waals surface area contributed by atoms with E-state index in [-0.39, 0.29) is 0 Å². The molecule has 0 amide bonds. The maximum Gasteiger partial charge on any atom is 0.111 e. The number of hydrazine groups is 1. The number of hydrogen-bond acceptors (Lipinski definition) is 3. The van der Waals surface area contributed by atoms with Crippen LogP contribution in [0.15, 0.2) is 0 Å². The lowest BCUT2D eigenvalue weighted by Crippen LogP contribution is -2.37. The van der Waals surface area contributed by atoms with Crippen molar-refractivity contribution in [3.8, 4) is 0 Å². The molecular formula is C9H20N2O. The van der Waals surface area contributed by atoms with E-state index in [2.05, 4.69) is 6.92 Å². The Morgan fingerprint density at radius 2 is 2.17 bits per heavy atom. The van der Waals surface area contributed by atoms with Crippen molar-refractivity contribution in [3.05, 3.63) is 0 Å². The van der Waals surface area contributed by atoms with E-state index in [4.69, 9.17) is 10.6 Å². The average Bonchev–Trinajstić information content (AvgIpc) is 2.02. The van der Waals surface area contributed by atoms with Crippen LogP contribution in [0.2, 0.25) is 0 Å². The lowest BCUT2D eigenvalue weighted by Gasteiger charge is -2.22. The summed E-state index contributed by atoms with van der Waals surface area (Å²) in [5.74, 6) is 6.43. The number of rotatable bonds is 0. The van der Waals surface area contributed by atoms with Gasteiger partial charge in [0.1, 0.15) is 6.73 Å².